The molecule has 0 aliphatic carbocycles. The molecule has 6 heteroatoms. The first-order valence-corrected chi connectivity index (χ1v) is 8.57. The third kappa shape index (κ3) is 4.90. The number of carbonyl (C=O) groups excluding carboxylic acids is 1. The molecule has 1 fully saturated rings. The lowest BCUT2D eigenvalue weighted by Crippen LogP contribution is -2.22. The molecular weight excluding hydrogens is 304 g/mol. The standard InChI is InChI=1S/C16H22O5S/c1-16(2)20-11-13(21-16)8-9-22(18)14-6-4-12(5-7-14)10-15(17)19-3/h4-7,13H,8-11H2,1-3H3. The maximum absolute atomic E-state index is 12.3. The van der Waals surface area contributed by atoms with Crippen molar-refractivity contribution in [2.24, 2.45) is 0 Å². The van der Waals surface area contributed by atoms with Gasteiger partial charge in [0.25, 0.3) is 0 Å². The van der Waals surface area contributed by atoms with E-state index >= 15 is 0 Å². The average Bonchev–Trinajstić information content (AvgIpc) is 2.84. The normalized spacial score (nSPS) is 21.5. The van der Waals surface area contributed by atoms with Crippen molar-refractivity contribution < 1.29 is 23.2 Å². The number of carbonyl (C=O) groups is 1. The third-order valence-corrected chi connectivity index (χ3v) is 4.86. The first kappa shape index (κ1) is 17.1. The van der Waals surface area contributed by atoms with Gasteiger partial charge >= 0.3 is 5.97 Å². The summed E-state index contributed by atoms with van der Waals surface area (Å²) in [7, 11) is 0.284. The molecule has 2 atom stereocenters. The van der Waals surface area contributed by atoms with Gasteiger partial charge in [0, 0.05) is 10.6 Å². The first-order valence-electron chi connectivity index (χ1n) is 7.25. The minimum Gasteiger partial charge on any atom is -0.469 e. The zero-order chi connectivity index (χ0) is 16.2. The van der Waals surface area contributed by atoms with E-state index in [1.807, 2.05) is 26.0 Å². The third-order valence-electron chi connectivity index (χ3n) is 3.45. The van der Waals surface area contributed by atoms with Crippen LogP contribution >= 0.6 is 0 Å². The van der Waals surface area contributed by atoms with Crippen molar-refractivity contribution in [3.63, 3.8) is 0 Å². The molecule has 0 amide bonds. The van der Waals surface area contributed by atoms with Crippen molar-refractivity contribution in [1.29, 1.82) is 0 Å². The van der Waals surface area contributed by atoms with Gasteiger partial charge in [-0.15, -0.1) is 0 Å². The number of methoxy groups -OCH3 is 1. The van der Waals surface area contributed by atoms with Gasteiger partial charge < -0.3 is 14.2 Å². The van der Waals surface area contributed by atoms with Gasteiger partial charge in [-0.2, -0.15) is 0 Å². The number of esters is 1. The molecule has 5 nitrogen and oxygen atoms in total. The van der Waals surface area contributed by atoms with Crippen LogP contribution in [0.15, 0.2) is 29.2 Å². The Morgan fingerprint density at radius 3 is 2.59 bits per heavy atom. The molecule has 0 N–H and O–H groups in total. The highest BCUT2D eigenvalue weighted by molar-refractivity contribution is 7.85. The lowest BCUT2D eigenvalue weighted by Gasteiger charge is -2.16. The van der Waals surface area contributed by atoms with Crippen LogP contribution in [0.1, 0.15) is 25.8 Å². The van der Waals surface area contributed by atoms with E-state index in [0.29, 0.717) is 18.8 Å². The van der Waals surface area contributed by atoms with Gasteiger partial charge in [0.1, 0.15) is 0 Å². The Morgan fingerprint density at radius 1 is 1.36 bits per heavy atom. The average molecular weight is 326 g/mol. The number of ether oxygens (including phenoxy) is 3. The maximum atomic E-state index is 12.3. The van der Waals surface area contributed by atoms with Crippen LogP contribution in [-0.2, 0) is 36.2 Å². The topological polar surface area (TPSA) is 61.8 Å². The van der Waals surface area contributed by atoms with Gasteiger partial charge in [0.05, 0.1) is 37.0 Å². The zero-order valence-corrected chi connectivity index (χ0v) is 14.0. The van der Waals surface area contributed by atoms with Crippen molar-refractivity contribution in [2.75, 3.05) is 19.5 Å². The highest BCUT2D eigenvalue weighted by atomic mass is 32.2. The lowest BCUT2D eigenvalue weighted by atomic mass is 10.2. The second-order valence-electron chi connectivity index (χ2n) is 5.69. The van der Waals surface area contributed by atoms with Gasteiger partial charge in [-0.1, -0.05) is 12.1 Å². The van der Waals surface area contributed by atoms with Crippen LogP contribution in [0.2, 0.25) is 0 Å². The quantitative estimate of drug-likeness (QED) is 0.749. The molecule has 0 spiro atoms. The van der Waals surface area contributed by atoms with E-state index in [1.54, 1.807) is 12.1 Å². The summed E-state index contributed by atoms with van der Waals surface area (Å²) in [5.41, 5.74) is 0.849. The molecule has 0 radical (unpaired) electrons. The molecule has 1 aromatic rings. The summed E-state index contributed by atoms with van der Waals surface area (Å²) in [6.45, 7) is 4.30. The molecule has 1 saturated heterocycles. The molecule has 122 valence electrons. The number of hydrogen-bond donors (Lipinski definition) is 0. The van der Waals surface area contributed by atoms with Crippen molar-refractivity contribution in [3.8, 4) is 0 Å². The number of hydrogen-bond acceptors (Lipinski definition) is 5. The molecule has 2 unspecified atom stereocenters. The van der Waals surface area contributed by atoms with Crippen LogP contribution in [0.5, 0.6) is 0 Å². The van der Waals surface area contributed by atoms with Crippen molar-refractivity contribution in [2.45, 2.75) is 43.5 Å². The summed E-state index contributed by atoms with van der Waals surface area (Å²) in [4.78, 5) is 12.0. The van der Waals surface area contributed by atoms with Gasteiger partial charge in [0.2, 0.25) is 0 Å². The fourth-order valence-corrected chi connectivity index (χ4v) is 3.41. The van der Waals surface area contributed by atoms with E-state index in [2.05, 4.69) is 4.74 Å². The van der Waals surface area contributed by atoms with E-state index in [9.17, 15) is 9.00 Å². The Balaban J connectivity index is 1.84. The van der Waals surface area contributed by atoms with Crippen molar-refractivity contribution in [3.05, 3.63) is 29.8 Å². The molecule has 2 rings (SSSR count). The van der Waals surface area contributed by atoms with E-state index in [1.165, 1.54) is 7.11 Å². The van der Waals surface area contributed by atoms with Gasteiger partial charge in [-0.05, 0) is 38.0 Å². The zero-order valence-electron chi connectivity index (χ0n) is 13.2. The molecule has 1 aromatic carbocycles. The molecule has 1 aliphatic rings. The monoisotopic (exact) mass is 326 g/mol. The summed E-state index contributed by atoms with van der Waals surface area (Å²) >= 11 is 0. The molecule has 0 bridgehead atoms. The van der Waals surface area contributed by atoms with Crippen molar-refractivity contribution >= 4 is 16.8 Å². The molecule has 0 saturated carbocycles. The Hall–Kier alpha value is -1.24. The Labute approximate surface area is 133 Å². The summed E-state index contributed by atoms with van der Waals surface area (Å²) in [6.07, 6.45) is 0.920. The number of rotatable bonds is 6. The Bertz CT molecular complexity index is 538. The molecule has 0 aromatic heterocycles. The molecule has 1 aliphatic heterocycles. The van der Waals surface area contributed by atoms with Crippen LogP contribution in [0.25, 0.3) is 0 Å². The smallest absolute Gasteiger partial charge is 0.309 e. The van der Waals surface area contributed by atoms with E-state index in [4.69, 9.17) is 9.47 Å². The SMILES string of the molecule is COC(=O)Cc1ccc(S(=O)CCC2COC(C)(C)O2)cc1. The minimum absolute atomic E-state index is 0.00227. The fourth-order valence-electron chi connectivity index (χ4n) is 2.26. The van der Waals surface area contributed by atoms with Crippen LogP contribution in [-0.4, -0.2) is 41.5 Å². The van der Waals surface area contributed by atoms with E-state index in [-0.39, 0.29) is 18.5 Å². The number of benzene rings is 1. The molecule has 1 heterocycles. The predicted molar refractivity (Wildman–Crippen MR) is 83.0 cm³/mol. The Kier molecular flexibility index (Phi) is 5.72. The lowest BCUT2D eigenvalue weighted by molar-refractivity contribution is -0.140. The molecule has 22 heavy (non-hydrogen) atoms. The van der Waals surface area contributed by atoms with Crippen molar-refractivity contribution in [1.82, 2.24) is 0 Å². The van der Waals surface area contributed by atoms with Gasteiger partial charge in [-0.3, -0.25) is 9.00 Å². The first-order chi connectivity index (χ1) is 10.4. The van der Waals surface area contributed by atoms with Crippen LogP contribution < -0.4 is 0 Å². The molecular formula is C16H22O5S. The van der Waals surface area contributed by atoms with E-state index in [0.717, 1.165) is 10.5 Å². The van der Waals surface area contributed by atoms with E-state index < -0.39 is 16.6 Å². The summed E-state index contributed by atoms with van der Waals surface area (Å²) in [5.74, 6) is -0.294. The van der Waals surface area contributed by atoms with Gasteiger partial charge in [0.15, 0.2) is 5.79 Å². The predicted octanol–water partition coefficient (Wildman–Crippen LogP) is 2.05. The fraction of sp³-hybridized carbons (Fsp3) is 0.562. The Morgan fingerprint density at radius 2 is 2.05 bits per heavy atom. The summed E-state index contributed by atoms with van der Waals surface area (Å²) in [6, 6.07) is 7.21. The van der Waals surface area contributed by atoms with Crippen LogP contribution in [0.4, 0.5) is 0 Å². The largest absolute Gasteiger partial charge is 0.469 e. The highest BCUT2D eigenvalue weighted by Gasteiger charge is 2.32. The summed E-state index contributed by atoms with van der Waals surface area (Å²) in [5, 5.41) is 0. The van der Waals surface area contributed by atoms with Crippen LogP contribution in [0, 0.1) is 0 Å². The summed E-state index contributed by atoms with van der Waals surface area (Å²) < 4.78 is 28.1. The van der Waals surface area contributed by atoms with Gasteiger partial charge in [-0.25, -0.2) is 0 Å². The minimum atomic E-state index is -1.08. The highest BCUT2D eigenvalue weighted by Crippen LogP contribution is 2.24. The van der Waals surface area contributed by atoms with Crippen LogP contribution in [0.3, 0.4) is 0 Å². The second kappa shape index (κ2) is 7.35. The second-order valence-corrected chi connectivity index (χ2v) is 7.26. The maximum Gasteiger partial charge on any atom is 0.309 e.